The molecule has 0 saturated carbocycles. The Morgan fingerprint density at radius 3 is 2.85 bits per heavy atom. The van der Waals surface area contributed by atoms with E-state index >= 15 is 0 Å². The molecule has 0 bridgehead atoms. The number of hydrogen-bond acceptors (Lipinski definition) is 3. The van der Waals surface area contributed by atoms with E-state index in [4.69, 9.17) is 0 Å². The zero-order valence-electron chi connectivity index (χ0n) is 7.78. The Hall–Kier alpha value is 0.200. The third-order valence-corrected chi connectivity index (χ3v) is 5.98. The summed E-state index contributed by atoms with van der Waals surface area (Å²) in [4.78, 5) is 0. The Kier molecular flexibility index (Phi) is 3.46. The van der Waals surface area contributed by atoms with Gasteiger partial charge in [0.25, 0.3) is 4.67 Å². The minimum absolute atomic E-state index is 1.19. The first-order chi connectivity index (χ1) is 6.40. The maximum Gasteiger partial charge on any atom is 0.268 e. The topological polar surface area (TPSA) is 3.01 Å². The molecule has 0 radical (unpaired) electrons. The fourth-order valence-corrected chi connectivity index (χ4v) is 5.32. The van der Waals surface area contributed by atoms with E-state index in [1.807, 2.05) is 32.4 Å². The van der Waals surface area contributed by atoms with Gasteiger partial charge in [-0.1, -0.05) is 17.3 Å². The second-order valence-corrected chi connectivity index (χ2v) is 6.85. The van der Waals surface area contributed by atoms with Crippen molar-refractivity contribution in [3.8, 4) is 0 Å². The zero-order chi connectivity index (χ0) is 9.10. The highest BCUT2D eigenvalue weighted by Gasteiger charge is 2.14. The predicted molar refractivity (Wildman–Crippen MR) is 62.8 cm³/mol. The average Bonchev–Trinajstić information content (AvgIpc) is 2.70. The minimum atomic E-state index is 1.19. The molecule has 1 aliphatic rings. The summed E-state index contributed by atoms with van der Waals surface area (Å²) in [5, 5.41) is 0. The van der Waals surface area contributed by atoms with E-state index < -0.39 is 0 Å². The fraction of sp³-hybridized carbons (Fsp3) is 0.667. The first-order valence-corrected chi connectivity index (χ1v) is 7.84. The van der Waals surface area contributed by atoms with Crippen molar-refractivity contribution < 1.29 is 0 Å². The van der Waals surface area contributed by atoms with Crippen molar-refractivity contribution in [2.45, 2.75) is 24.0 Å². The average molecular weight is 232 g/mol. The molecule has 1 nitrogen and oxygen atoms in total. The summed E-state index contributed by atoms with van der Waals surface area (Å²) >= 11 is 1.96. The SMILES string of the molecule is CCSc1cc(=[N+]2CCCC2)ss1. The Labute approximate surface area is 90.5 Å². The Morgan fingerprint density at radius 1 is 1.38 bits per heavy atom. The molecule has 0 aliphatic carbocycles. The van der Waals surface area contributed by atoms with Crippen LogP contribution in [0.2, 0.25) is 0 Å². The van der Waals surface area contributed by atoms with Crippen LogP contribution in [0, 0.1) is 0 Å². The summed E-state index contributed by atoms with van der Waals surface area (Å²) in [6, 6.07) is 2.36. The van der Waals surface area contributed by atoms with Crippen LogP contribution in [0.3, 0.4) is 0 Å². The number of hydrogen-bond donors (Lipinski definition) is 0. The zero-order valence-corrected chi connectivity index (χ0v) is 10.2. The van der Waals surface area contributed by atoms with Gasteiger partial charge < -0.3 is 0 Å². The number of thioether (sulfide) groups is 1. The largest absolute Gasteiger partial charge is 0.268 e. The molecule has 72 valence electrons. The molecule has 0 unspecified atom stereocenters. The van der Waals surface area contributed by atoms with Crippen molar-refractivity contribution in [3.63, 3.8) is 0 Å². The van der Waals surface area contributed by atoms with Crippen molar-refractivity contribution in [1.29, 1.82) is 0 Å². The fourth-order valence-electron chi connectivity index (χ4n) is 1.52. The highest BCUT2D eigenvalue weighted by atomic mass is 32.9. The van der Waals surface area contributed by atoms with E-state index in [1.165, 1.54) is 40.6 Å². The van der Waals surface area contributed by atoms with Crippen LogP contribution in [0.4, 0.5) is 0 Å². The Morgan fingerprint density at radius 2 is 2.15 bits per heavy atom. The molecule has 0 N–H and O–H groups in total. The lowest BCUT2D eigenvalue weighted by Crippen LogP contribution is -2.23. The van der Waals surface area contributed by atoms with Crippen molar-refractivity contribution >= 4 is 32.4 Å². The summed E-state index contributed by atoms with van der Waals surface area (Å²) in [5.74, 6) is 1.19. The van der Waals surface area contributed by atoms with Gasteiger partial charge in [-0.25, -0.2) is 4.58 Å². The summed E-state index contributed by atoms with van der Waals surface area (Å²) in [6.07, 6.45) is 2.75. The molecule has 0 spiro atoms. The van der Waals surface area contributed by atoms with E-state index in [2.05, 4.69) is 17.6 Å². The van der Waals surface area contributed by atoms with E-state index in [-0.39, 0.29) is 0 Å². The van der Waals surface area contributed by atoms with Gasteiger partial charge in [0.1, 0.15) is 13.1 Å². The summed E-state index contributed by atoms with van der Waals surface area (Å²) in [6.45, 7) is 4.75. The monoisotopic (exact) mass is 232 g/mol. The van der Waals surface area contributed by atoms with Crippen LogP contribution in [0.15, 0.2) is 10.3 Å². The highest BCUT2D eigenvalue weighted by Crippen LogP contribution is 2.23. The lowest BCUT2D eigenvalue weighted by molar-refractivity contribution is 0.705. The Balaban J connectivity index is 2.25. The van der Waals surface area contributed by atoms with Gasteiger partial charge in [-0.2, -0.15) is 0 Å². The summed E-state index contributed by atoms with van der Waals surface area (Å²) in [7, 11) is 3.86. The maximum absolute atomic E-state index is 2.51. The first kappa shape index (κ1) is 9.74. The van der Waals surface area contributed by atoms with Gasteiger partial charge in [0.05, 0.1) is 4.21 Å². The van der Waals surface area contributed by atoms with Gasteiger partial charge in [0.15, 0.2) is 0 Å². The van der Waals surface area contributed by atoms with Gasteiger partial charge in [0, 0.05) is 18.9 Å². The molecule has 0 aromatic carbocycles. The molecule has 1 saturated heterocycles. The second-order valence-electron chi connectivity index (χ2n) is 3.10. The normalized spacial score (nSPS) is 16.8. The molecule has 1 aromatic heterocycles. The van der Waals surface area contributed by atoms with Crippen LogP contribution in [-0.4, -0.2) is 18.8 Å². The standard InChI is InChI=1S/C9H14NS3/c1-2-11-9-7-8(12-13-9)10-5-3-4-6-10/h7H,2-6H2,1H3/q+1. The third-order valence-electron chi connectivity index (χ3n) is 2.15. The minimum Gasteiger partial charge on any atom is -0.220 e. The third kappa shape index (κ3) is 2.36. The number of nitrogens with zero attached hydrogens (tertiary/aromatic N) is 1. The maximum atomic E-state index is 2.51. The van der Waals surface area contributed by atoms with E-state index in [0.29, 0.717) is 0 Å². The van der Waals surface area contributed by atoms with Crippen molar-refractivity contribution in [1.82, 2.24) is 4.58 Å². The highest BCUT2D eigenvalue weighted by molar-refractivity contribution is 8.02. The first-order valence-electron chi connectivity index (χ1n) is 4.71. The van der Waals surface area contributed by atoms with Crippen molar-refractivity contribution in [2.75, 3.05) is 18.8 Å². The Bertz CT molecular complexity index is 329. The molecule has 1 fully saturated rings. The quantitative estimate of drug-likeness (QED) is 0.430. The molecule has 1 aliphatic heterocycles. The molecule has 0 amide bonds. The molecular weight excluding hydrogens is 218 g/mol. The molecule has 13 heavy (non-hydrogen) atoms. The van der Waals surface area contributed by atoms with Crippen LogP contribution in [0.25, 0.3) is 0 Å². The number of rotatable bonds is 2. The molecule has 0 atom stereocenters. The summed E-state index contributed by atoms with van der Waals surface area (Å²) < 4.78 is 5.48. The molecular formula is C9H14NS3+. The van der Waals surface area contributed by atoms with Gasteiger partial charge in [-0.15, -0.1) is 11.8 Å². The summed E-state index contributed by atoms with van der Waals surface area (Å²) in [5.41, 5.74) is 0. The molecule has 4 heteroatoms. The van der Waals surface area contributed by atoms with Crippen LogP contribution < -0.4 is 9.25 Å². The van der Waals surface area contributed by atoms with Crippen LogP contribution >= 0.6 is 32.4 Å². The van der Waals surface area contributed by atoms with Gasteiger partial charge in [0.2, 0.25) is 0 Å². The molecule has 2 rings (SSSR count). The van der Waals surface area contributed by atoms with Crippen LogP contribution in [-0.2, 0) is 0 Å². The molecule has 2 heterocycles. The lowest BCUT2D eigenvalue weighted by atomic mass is 10.4. The molecule has 1 aromatic rings. The van der Waals surface area contributed by atoms with Gasteiger partial charge in [-0.05, 0) is 16.1 Å². The van der Waals surface area contributed by atoms with Crippen LogP contribution in [0.5, 0.6) is 0 Å². The second kappa shape index (κ2) is 4.62. The van der Waals surface area contributed by atoms with Crippen molar-refractivity contribution in [2.24, 2.45) is 0 Å². The van der Waals surface area contributed by atoms with Gasteiger partial charge in [-0.3, -0.25) is 0 Å². The van der Waals surface area contributed by atoms with Crippen molar-refractivity contribution in [3.05, 3.63) is 10.7 Å². The van der Waals surface area contributed by atoms with E-state index in [0.717, 1.165) is 0 Å². The predicted octanol–water partition coefficient (Wildman–Crippen LogP) is 2.49. The van der Waals surface area contributed by atoms with E-state index in [1.54, 1.807) is 0 Å². The van der Waals surface area contributed by atoms with Crippen LogP contribution in [0.1, 0.15) is 19.8 Å². The smallest absolute Gasteiger partial charge is 0.220 e. The lowest BCUT2D eigenvalue weighted by Gasteiger charge is -1.86. The van der Waals surface area contributed by atoms with Gasteiger partial charge >= 0.3 is 0 Å². The van der Waals surface area contributed by atoms with E-state index in [9.17, 15) is 0 Å².